The first kappa shape index (κ1) is 59.9. The van der Waals surface area contributed by atoms with Crippen molar-refractivity contribution in [1.29, 1.82) is 0 Å². The lowest BCUT2D eigenvalue weighted by Gasteiger charge is -2.06. The van der Waals surface area contributed by atoms with E-state index >= 15 is 0 Å². The number of aromatic nitrogens is 4. The van der Waals surface area contributed by atoms with E-state index in [4.69, 9.17) is 0 Å². The largest absolute Gasteiger partial charge is 0.236 e. The predicted molar refractivity (Wildman–Crippen MR) is 303 cm³/mol. The van der Waals surface area contributed by atoms with Gasteiger partial charge >= 0.3 is 0 Å². The van der Waals surface area contributed by atoms with E-state index in [1.54, 1.807) is 0 Å². The summed E-state index contributed by atoms with van der Waals surface area (Å²) in [5, 5.41) is 0. The van der Waals surface area contributed by atoms with Crippen molar-refractivity contribution in [2.75, 3.05) is 0 Å². The van der Waals surface area contributed by atoms with E-state index in [1.165, 1.54) is 247 Å². The summed E-state index contributed by atoms with van der Waals surface area (Å²) >= 11 is 0. The molecule has 0 aliphatic carbocycles. The molecule has 2 aromatic heterocycles. The van der Waals surface area contributed by atoms with Gasteiger partial charge in [0.2, 0.25) is 0 Å². The third kappa shape index (κ3) is 31.5. The number of benzene rings is 2. The highest BCUT2D eigenvalue weighted by Gasteiger charge is 2.06. The van der Waals surface area contributed by atoms with Crippen molar-refractivity contribution in [3.8, 4) is 22.8 Å². The van der Waals surface area contributed by atoms with Crippen molar-refractivity contribution in [3.05, 3.63) is 95.6 Å². The smallest absolute Gasteiger partial charge is 0.159 e. The maximum absolute atomic E-state index is 4.65. The number of hydrogen-bond acceptors (Lipinski definition) is 4. The van der Waals surface area contributed by atoms with E-state index in [0.717, 1.165) is 47.5 Å². The predicted octanol–water partition coefficient (Wildman–Crippen LogP) is 20.7. The SMILES string of the molecule is CCCCCCCCCCCCc1cnc(-c2ccc(CCCCCCCC(C)C)cc2)nc1.CCCCCCCCCCCCc1cnc(-c2ccc(CCCCCCCCC(C)C)cc2)nc1. The molecule has 69 heavy (non-hydrogen) atoms. The molecule has 4 heteroatoms. The summed E-state index contributed by atoms with van der Waals surface area (Å²) in [4.78, 5) is 18.6. The number of rotatable bonds is 41. The van der Waals surface area contributed by atoms with Crippen LogP contribution in [0.2, 0.25) is 0 Å². The summed E-state index contributed by atoms with van der Waals surface area (Å²) in [5.74, 6) is 3.41. The summed E-state index contributed by atoms with van der Waals surface area (Å²) in [7, 11) is 0. The Morgan fingerprint density at radius 3 is 0.768 bits per heavy atom. The number of unbranched alkanes of at least 4 members (excludes halogenated alkanes) is 27. The molecule has 4 aromatic rings. The van der Waals surface area contributed by atoms with Crippen molar-refractivity contribution < 1.29 is 0 Å². The van der Waals surface area contributed by atoms with E-state index in [2.05, 4.69) is 110 Å². The van der Waals surface area contributed by atoms with E-state index < -0.39 is 0 Å². The molecule has 4 nitrogen and oxygen atoms in total. The summed E-state index contributed by atoms with van der Waals surface area (Å²) in [6.07, 6.45) is 58.1. The van der Waals surface area contributed by atoms with E-state index in [-0.39, 0.29) is 0 Å². The minimum atomic E-state index is 0.850. The molecule has 0 N–H and O–H groups in total. The molecule has 0 fully saturated rings. The Hall–Kier alpha value is -3.40. The van der Waals surface area contributed by atoms with Crippen LogP contribution in [0.3, 0.4) is 0 Å². The van der Waals surface area contributed by atoms with Crippen LogP contribution < -0.4 is 0 Å². The number of nitrogens with zero attached hydrogens (tertiary/aromatic N) is 4. The van der Waals surface area contributed by atoms with Gasteiger partial charge in [0.1, 0.15) is 0 Å². The van der Waals surface area contributed by atoms with Crippen molar-refractivity contribution >= 4 is 0 Å². The Labute approximate surface area is 427 Å². The van der Waals surface area contributed by atoms with Crippen LogP contribution in [-0.2, 0) is 25.7 Å². The molecule has 0 saturated heterocycles. The molecule has 0 bridgehead atoms. The van der Waals surface area contributed by atoms with Gasteiger partial charge in [-0.3, -0.25) is 0 Å². The number of hydrogen-bond donors (Lipinski definition) is 0. The molecular formula is C65H106N4. The van der Waals surface area contributed by atoms with Crippen LogP contribution >= 0.6 is 0 Å². The molecule has 2 heterocycles. The Bertz CT molecular complexity index is 1710. The molecule has 0 aliphatic rings. The maximum Gasteiger partial charge on any atom is 0.159 e. The lowest BCUT2D eigenvalue weighted by Crippen LogP contribution is -1.94. The van der Waals surface area contributed by atoms with Gasteiger partial charge in [-0.1, -0.05) is 276 Å². The summed E-state index contributed by atoms with van der Waals surface area (Å²) in [6, 6.07) is 17.8. The minimum Gasteiger partial charge on any atom is -0.236 e. The quantitative estimate of drug-likeness (QED) is 0.0416. The lowest BCUT2D eigenvalue weighted by atomic mass is 10.0. The minimum absolute atomic E-state index is 0.850. The standard InChI is InChI=1S/C33H54N2.C32H52N2/c1-4-5-6-7-8-9-10-11-16-19-22-31-27-34-33(35-28-31)32-25-23-30(24-26-32)21-18-15-13-12-14-17-20-29(2)3;1-4-5-6-7-8-9-10-11-14-18-21-30-26-33-32(34-27-30)31-24-22-29(23-25-31)20-17-15-12-13-16-19-28(2)3/h23-29H,4-22H2,1-3H3;22-28H,4-21H2,1-3H3. The second kappa shape index (κ2) is 41.2. The highest BCUT2D eigenvalue weighted by atomic mass is 14.9. The molecule has 0 atom stereocenters. The van der Waals surface area contributed by atoms with Crippen molar-refractivity contribution in [3.63, 3.8) is 0 Å². The zero-order valence-electron chi connectivity index (χ0n) is 46.0. The van der Waals surface area contributed by atoms with Gasteiger partial charge < -0.3 is 0 Å². The van der Waals surface area contributed by atoms with Gasteiger partial charge in [0, 0.05) is 35.9 Å². The van der Waals surface area contributed by atoms with Gasteiger partial charge in [-0.15, -0.1) is 0 Å². The third-order valence-electron chi connectivity index (χ3n) is 14.2. The Morgan fingerprint density at radius 2 is 0.507 bits per heavy atom. The molecular weight excluding hydrogens is 837 g/mol. The third-order valence-corrected chi connectivity index (χ3v) is 14.2. The van der Waals surface area contributed by atoms with Crippen LogP contribution in [0, 0.1) is 11.8 Å². The molecule has 0 aliphatic heterocycles. The first-order valence-electron chi connectivity index (χ1n) is 29.7. The van der Waals surface area contributed by atoms with Gasteiger partial charge in [-0.05, 0) is 85.5 Å². The average molecular weight is 944 g/mol. The van der Waals surface area contributed by atoms with Crippen LogP contribution in [0.1, 0.15) is 276 Å². The molecule has 0 unspecified atom stereocenters. The fourth-order valence-corrected chi connectivity index (χ4v) is 9.54. The van der Waals surface area contributed by atoms with Gasteiger partial charge in [0.25, 0.3) is 0 Å². The maximum atomic E-state index is 4.65. The highest BCUT2D eigenvalue weighted by Crippen LogP contribution is 2.21. The fourth-order valence-electron chi connectivity index (χ4n) is 9.54. The van der Waals surface area contributed by atoms with Crippen LogP contribution in [0.15, 0.2) is 73.3 Å². The summed E-state index contributed by atoms with van der Waals surface area (Å²) in [6.45, 7) is 13.9. The highest BCUT2D eigenvalue weighted by molar-refractivity contribution is 5.56. The van der Waals surface area contributed by atoms with Crippen molar-refractivity contribution in [2.45, 2.75) is 279 Å². The zero-order valence-corrected chi connectivity index (χ0v) is 46.0. The second-order valence-corrected chi connectivity index (χ2v) is 21.8. The van der Waals surface area contributed by atoms with Crippen LogP contribution in [0.4, 0.5) is 0 Å². The van der Waals surface area contributed by atoms with Crippen molar-refractivity contribution in [1.82, 2.24) is 19.9 Å². The Balaban J connectivity index is 0.000000365. The summed E-state index contributed by atoms with van der Waals surface area (Å²) < 4.78 is 0. The van der Waals surface area contributed by atoms with Gasteiger partial charge in [-0.2, -0.15) is 0 Å². The monoisotopic (exact) mass is 943 g/mol. The van der Waals surface area contributed by atoms with Gasteiger partial charge in [-0.25, -0.2) is 19.9 Å². The fraction of sp³-hybridized carbons (Fsp3) is 0.692. The molecule has 0 amide bonds. The number of aryl methyl sites for hydroxylation is 4. The molecule has 0 saturated carbocycles. The first-order chi connectivity index (χ1) is 33.9. The van der Waals surface area contributed by atoms with Crippen LogP contribution in [0.5, 0.6) is 0 Å². The topological polar surface area (TPSA) is 51.6 Å². The lowest BCUT2D eigenvalue weighted by molar-refractivity contribution is 0.511. The van der Waals surface area contributed by atoms with Crippen molar-refractivity contribution in [2.24, 2.45) is 11.8 Å². The molecule has 4 rings (SSSR count). The molecule has 386 valence electrons. The molecule has 0 radical (unpaired) electrons. The van der Waals surface area contributed by atoms with Gasteiger partial charge in [0.15, 0.2) is 11.6 Å². The van der Waals surface area contributed by atoms with Crippen LogP contribution in [0.25, 0.3) is 22.8 Å². The van der Waals surface area contributed by atoms with E-state index in [9.17, 15) is 0 Å². The Morgan fingerprint density at radius 1 is 0.275 bits per heavy atom. The zero-order chi connectivity index (χ0) is 49.3. The average Bonchev–Trinajstić information content (AvgIpc) is 3.36. The van der Waals surface area contributed by atoms with E-state index in [1.807, 2.05) is 24.8 Å². The normalized spacial score (nSPS) is 11.4. The van der Waals surface area contributed by atoms with Crippen LogP contribution in [-0.4, -0.2) is 19.9 Å². The van der Waals surface area contributed by atoms with Gasteiger partial charge in [0.05, 0.1) is 0 Å². The Kier molecular flexibility index (Phi) is 35.8. The first-order valence-corrected chi connectivity index (χ1v) is 29.7. The second-order valence-electron chi connectivity index (χ2n) is 21.8. The van der Waals surface area contributed by atoms with E-state index in [0.29, 0.717) is 0 Å². The molecule has 2 aromatic carbocycles. The molecule has 0 spiro atoms. The summed E-state index contributed by atoms with van der Waals surface area (Å²) in [5.41, 5.74) is 7.67.